The number of furan rings is 1. The van der Waals surface area contributed by atoms with Gasteiger partial charge in [0.05, 0.1) is 12.5 Å². The molecule has 0 atom stereocenters. The van der Waals surface area contributed by atoms with Gasteiger partial charge in [-0.25, -0.2) is 4.39 Å². The lowest BCUT2D eigenvalue weighted by atomic mass is 10.1. The van der Waals surface area contributed by atoms with Crippen molar-refractivity contribution < 1.29 is 8.81 Å². The first-order valence-electron chi connectivity index (χ1n) is 6.99. The zero-order chi connectivity index (χ0) is 15.8. The van der Waals surface area contributed by atoms with Crippen LogP contribution in [0.2, 0.25) is 0 Å². The molecule has 0 spiro atoms. The monoisotopic (exact) mass is 309 g/mol. The molecule has 4 aromatic rings. The highest BCUT2D eigenvalue weighted by atomic mass is 19.1. The van der Waals surface area contributed by atoms with Crippen molar-refractivity contribution in [3.63, 3.8) is 0 Å². The first-order chi connectivity index (χ1) is 11.2. The second kappa shape index (κ2) is 5.20. The summed E-state index contributed by atoms with van der Waals surface area (Å²) >= 11 is 0. The van der Waals surface area contributed by atoms with E-state index in [9.17, 15) is 4.39 Å². The van der Waals surface area contributed by atoms with E-state index in [2.05, 4.69) is 15.1 Å². The lowest BCUT2D eigenvalue weighted by Crippen LogP contribution is -2.05. The molecule has 3 aromatic heterocycles. The van der Waals surface area contributed by atoms with Crippen molar-refractivity contribution in [3.05, 3.63) is 65.8 Å². The van der Waals surface area contributed by atoms with E-state index in [1.54, 1.807) is 35.2 Å². The number of aromatic nitrogens is 4. The number of nitrogens with two attached hydrogens (primary N) is 1. The molecule has 0 fully saturated rings. The Kier molecular flexibility index (Phi) is 3.04. The van der Waals surface area contributed by atoms with Gasteiger partial charge in [-0.2, -0.15) is 19.6 Å². The summed E-state index contributed by atoms with van der Waals surface area (Å²) in [6.45, 7) is 0. The summed E-state index contributed by atoms with van der Waals surface area (Å²) in [5, 5.41) is 4.32. The Hall–Kier alpha value is -3.22. The van der Waals surface area contributed by atoms with Gasteiger partial charge < -0.3 is 10.2 Å². The fourth-order valence-corrected chi connectivity index (χ4v) is 2.50. The number of nitrogens with zero attached hydrogens (tertiary/aromatic N) is 4. The van der Waals surface area contributed by atoms with Gasteiger partial charge in [0, 0.05) is 12.0 Å². The first kappa shape index (κ1) is 13.4. The number of hydrogen-bond donors (Lipinski definition) is 1. The third kappa shape index (κ3) is 2.42. The molecule has 0 radical (unpaired) electrons. The molecular weight excluding hydrogens is 297 g/mol. The highest BCUT2D eigenvalue weighted by Crippen LogP contribution is 2.22. The van der Waals surface area contributed by atoms with Crippen molar-refractivity contribution in [1.29, 1.82) is 0 Å². The molecule has 0 bridgehead atoms. The highest BCUT2D eigenvalue weighted by molar-refractivity contribution is 5.59. The van der Waals surface area contributed by atoms with Crippen LogP contribution in [0.5, 0.6) is 0 Å². The summed E-state index contributed by atoms with van der Waals surface area (Å²) in [6, 6.07) is 9.96. The Morgan fingerprint density at radius 2 is 2.09 bits per heavy atom. The predicted molar refractivity (Wildman–Crippen MR) is 82.1 cm³/mol. The molecule has 2 N–H and O–H groups in total. The summed E-state index contributed by atoms with van der Waals surface area (Å²) in [6.07, 6.45) is 3.73. The third-order valence-electron chi connectivity index (χ3n) is 3.48. The predicted octanol–water partition coefficient (Wildman–Crippen LogP) is 2.70. The molecule has 0 unspecified atom stereocenters. The fourth-order valence-electron chi connectivity index (χ4n) is 2.50. The van der Waals surface area contributed by atoms with E-state index in [0.717, 1.165) is 11.1 Å². The normalized spacial score (nSPS) is 11.2. The van der Waals surface area contributed by atoms with Crippen LogP contribution in [0.15, 0.2) is 53.3 Å². The van der Waals surface area contributed by atoms with E-state index in [4.69, 9.17) is 10.2 Å². The van der Waals surface area contributed by atoms with Gasteiger partial charge in [-0.05, 0) is 29.8 Å². The van der Waals surface area contributed by atoms with Crippen LogP contribution in [-0.4, -0.2) is 19.6 Å². The maximum absolute atomic E-state index is 13.3. The minimum atomic E-state index is -0.274. The highest BCUT2D eigenvalue weighted by Gasteiger charge is 2.15. The number of rotatable bonds is 3. The number of fused-ring (bicyclic) bond motifs is 1. The van der Waals surface area contributed by atoms with Crippen molar-refractivity contribution in [2.45, 2.75) is 6.42 Å². The van der Waals surface area contributed by atoms with Crippen molar-refractivity contribution in [1.82, 2.24) is 19.6 Å². The lowest BCUT2D eigenvalue weighted by molar-refractivity contribution is 0.573. The number of halogens is 1. The summed E-state index contributed by atoms with van der Waals surface area (Å²) < 4.78 is 20.3. The smallest absolute Gasteiger partial charge is 0.224 e. The lowest BCUT2D eigenvalue weighted by Gasteiger charge is -2.04. The molecule has 4 rings (SSSR count). The van der Waals surface area contributed by atoms with Gasteiger partial charge in [0.25, 0.3) is 0 Å². The van der Waals surface area contributed by atoms with Gasteiger partial charge in [0.2, 0.25) is 11.8 Å². The molecule has 0 aliphatic carbocycles. The number of anilines is 1. The van der Waals surface area contributed by atoms with Gasteiger partial charge in [-0.15, -0.1) is 0 Å². The minimum absolute atomic E-state index is 0.130. The zero-order valence-electron chi connectivity index (χ0n) is 12.0. The van der Waals surface area contributed by atoms with Crippen molar-refractivity contribution in [2.24, 2.45) is 0 Å². The van der Waals surface area contributed by atoms with Crippen LogP contribution in [0.25, 0.3) is 17.2 Å². The van der Waals surface area contributed by atoms with Gasteiger partial charge in [0.1, 0.15) is 5.82 Å². The average Bonchev–Trinajstić information content (AvgIpc) is 3.17. The van der Waals surface area contributed by atoms with E-state index in [-0.39, 0.29) is 11.8 Å². The van der Waals surface area contributed by atoms with E-state index in [0.29, 0.717) is 23.7 Å². The van der Waals surface area contributed by atoms with Crippen molar-refractivity contribution in [2.75, 3.05) is 5.73 Å². The third-order valence-corrected chi connectivity index (χ3v) is 3.48. The average molecular weight is 309 g/mol. The van der Waals surface area contributed by atoms with Crippen LogP contribution < -0.4 is 5.73 Å². The Morgan fingerprint density at radius 3 is 2.87 bits per heavy atom. The van der Waals surface area contributed by atoms with Crippen LogP contribution in [0.4, 0.5) is 10.3 Å². The topological polar surface area (TPSA) is 82.2 Å². The second-order valence-corrected chi connectivity index (χ2v) is 5.09. The summed E-state index contributed by atoms with van der Waals surface area (Å²) in [4.78, 5) is 8.45. The molecule has 0 saturated heterocycles. The molecule has 0 amide bonds. The number of nitrogen functional groups attached to an aromatic ring is 1. The van der Waals surface area contributed by atoms with Crippen LogP contribution >= 0.6 is 0 Å². The van der Waals surface area contributed by atoms with Gasteiger partial charge in [-0.3, -0.25) is 0 Å². The molecule has 0 aliphatic heterocycles. The molecule has 6 nitrogen and oxygen atoms in total. The fraction of sp³-hybridized carbons (Fsp3) is 0.0625. The van der Waals surface area contributed by atoms with E-state index in [1.165, 1.54) is 12.1 Å². The second-order valence-electron chi connectivity index (χ2n) is 5.09. The summed E-state index contributed by atoms with van der Waals surface area (Å²) in [7, 11) is 0. The quantitative estimate of drug-likeness (QED) is 0.629. The molecule has 114 valence electrons. The number of hydrogen-bond acceptors (Lipinski definition) is 5. The zero-order valence-corrected chi connectivity index (χ0v) is 12.0. The SMILES string of the molecule is Nc1nc(-c2ccco2)n2ncc(Cc3cccc(F)c3)c2n1. The largest absolute Gasteiger partial charge is 0.461 e. The van der Waals surface area contributed by atoms with Crippen LogP contribution in [0.3, 0.4) is 0 Å². The molecule has 23 heavy (non-hydrogen) atoms. The van der Waals surface area contributed by atoms with E-state index in [1.807, 2.05) is 6.07 Å². The molecule has 7 heteroatoms. The van der Waals surface area contributed by atoms with Gasteiger partial charge in [0.15, 0.2) is 11.4 Å². The van der Waals surface area contributed by atoms with Gasteiger partial charge in [-0.1, -0.05) is 12.1 Å². The molecule has 0 saturated carbocycles. The Morgan fingerprint density at radius 1 is 1.17 bits per heavy atom. The summed E-state index contributed by atoms with van der Waals surface area (Å²) in [5.41, 5.74) is 8.05. The number of benzene rings is 1. The van der Waals surface area contributed by atoms with Crippen LogP contribution in [0, 0.1) is 5.82 Å². The van der Waals surface area contributed by atoms with E-state index >= 15 is 0 Å². The van der Waals surface area contributed by atoms with Crippen LogP contribution in [0.1, 0.15) is 11.1 Å². The maximum atomic E-state index is 13.3. The Labute approximate surface area is 130 Å². The summed E-state index contributed by atoms with van der Waals surface area (Å²) in [5.74, 6) is 0.877. The maximum Gasteiger partial charge on any atom is 0.224 e. The standard InChI is InChI=1S/C16H12FN5O/c17-12-4-1-3-10(8-12)7-11-9-19-22-14(11)20-16(18)21-15(22)13-5-2-6-23-13/h1-6,8-9H,7H2,(H2,18,20). The molecular formula is C16H12FN5O. The molecule has 3 heterocycles. The van der Waals surface area contributed by atoms with Crippen molar-refractivity contribution >= 4 is 11.6 Å². The first-order valence-corrected chi connectivity index (χ1v) is 6.99. The van der Waals surface area contributed by atoms with Crippen LogP contribution in [-0.2, 0) is 6.42 Å². The molecule has 0 aliphatic rings. The van der Waals surface area contributed by atoms with Crippen molar-refractivity contribution in [3.8, 4) is 11.6 Å². The molecule has 1 aromatic carbocycles. The Bertz CT molecular complexity index is 977. The van der Waals surface area contributed by atoms with E-state index < -0.39 is 0 Å². The van der Waals surface area contributed by atoms with Gasteiger partial charge >= 0.3 is 0 Å². The minimum Gasteiger partial charge on any atom is -0.461 e. The Balaban J connectivity index is 1.83.